The summed E-state index contributed by atoms with van der Waals surface area (Å²) >= 11 is 5.32. The zero-order valence-corrected chi connectivity index (χ0v) is 14.5. The fraction of sp³-hybridized carbons (Fsp3) is 0.133. The number of ketones is 1. The first kappa shape index (κ1) is 16.5. The number of carbonyl (C=O) groups excluding carboxylic acids is 1. The largest absolute Gasteiger partial charge is 0.416 e. The van der Waals surface area contributed by atoms with E-state index in [1.807, 2.05) is 22.6 Å². The summed E-state index contributed by atoms with van der Waals surface area (Å²) in [6, 6.07) is 8.41. The van der Waals surface area contributed by atoms with Crippen molar-refractivity contribution in [3.63, 3.8) is 0 Å². The molecule has 0 spiro atoms. The van der Waals surface area contributed by atoms with Gasteiger partial charge in [-0.05, 0) is 65.4 Å². The Hall–Kier alpha value is -0.890. The molecule has 0 bridgehead atoms. The highest BCUT2D eigenvalue weighted by Crippen LogP contribution is 2.31. The van der Waals surface area contributed by atoms with Crippen LogP contribution in [0, 0.1) is 10.5 Å². The minimum absolute atomic E-state index is 0.277. The topological polar surface area (TPSA) is 17.1 Å². The molecule has 0 aliphatic rings. The number of rotatable bonds is 2. The first-order chi connectivity index (χ1) is 9.70. The van der Waals surface area contributed by atoms with E-state index >= 15 is 0 Å². The molecule has 2 aromatic carbocycles. The van der Waals surface area contributed by atoms with Crippen molar-refractivity contribution in [1.82, 2.24) is 0 Å². The third kappa shape index (κ3) is 3.66. The second-order valence-electron chi connectivity index (χ2n) is 4.48. The Labute approximate surface area is 141 Å². The number of benzene rings is 2. The number of hydrogen-bond acceptors (Lipinski definition) is 1. The Balaban J connectivity index is 2.47. The van der Waals surface area contributed by atoms with Crippen LogP contribution in [0.1, 0.15) is 27.0 Å². The average Bonchev–Trinajstić information content (AvgIpc) is 2.39. The monoisotopic (exact) mass is 468 g/mol. The zero-order chi connectivity index (χ0) is 15.8. The molecule has 0 amide bonds. The summed E-state index contributed by atoms with van der Waals surface area (Å²) in [6.45, 7) is 1.51. The first-order valence-corrected chi connectivity index (χ1v) is 7.75. The van der Waals surface area contributed by atoms with Gasteiger partial charge in [0.05, 0.1) is 5.56 Å². The molecule has 2 rings (SSSR count). The summed E-state index contributed by atoms with van der Waals surface area (Å²) in [6.07, 6.45) is -4.41. The van der Waals surface area contributed by atoms with E-state index in [2.05, 4.69) is 15.9 Å². The molecule has 0 unspecified atom stereocenters. The number of aryl methyl sites for hydroxylation is 1. The van der Waals surface area contributed by atoms with Gasteiger partial charge in [-0.3, -0.25) is 4.79 Å². The molecule has 2 aromatic rings. The van der Waals surface area contributed by atoms with E-state index in [0.29, 0.717) is 11.1 Å². The molecule has 0 N–H and O–H groups in total. The normalized spacial score (nSPS) is 11.5. The van der Waals surface area contributed by atoms with Crippen molar-refractivity contribution in [2.45, 2.75) is 13.1 Å². The van der Waals surface area contributed by atoms with E-state index in [0.717, 1.165) is 20.2 Å². The minimum Gasteiger partial charge on any atom is -0.289 e. The molecule has 0 atom stereocenters. The Morgan fingerprint density at radius 2 is 1.76 bits per heavy atom. The molecule has 6 heteroatoms. The van der Waals surface area contributed by atoms with Gasteiger partial charge in [-0.1, -0.05) is 22.0 Å². The highest BCUT2D eigenvalue weighted by molar-refractivity contribution is 14.1. The molecule has 0 aromatic heterocycles. The van der Waals surface area contributed by atoms with Gasteiger partial charge in [0.1, 0.15) is 0 Å². The Kier molecular flexibility index (Phi) is 4.77. The molecule has 0 aliphatic heterocycles. The molecular weight excluding hydrogens is 460 g/mol. The van der Waals surface area contributed by atoms with Gasteiger partial charge >= 0.3 is 6.18 Å². The van der Waals surface area contributed by atoms with Crippen LogP contribution in [-0.4, -0.2) is 5.78 Å². The third-order valence-electron chi connectivity index (χ3n) is 2.97. The molecule has 1 nitrogen and oxygen atoms in total. The maximum absolute atomic E-state index is 12.6. The summed E-state index contributed by atoms with van der Waals surface area (Å²) < 4.78 is 39.4. The van der Waals surface area contributed by atoms with Gasteiger partial charge < -0.3 is 0 Å². The molecule has 110 valence electrons. The van der Waals surface area contributed by atoms with Crippen molar-refractivity contribution >= 4 is 44.3 Å². The van der Waals surface area contributed by atoms with Gasteiger partial charge in [-0.2, -0.15) is 13.2 Å². The van der Waals surface area contributed by atoms with E-state index in [9.17, 15) is 18.0 Å². The van der Waals surface area contributed by atoms with Crippen LogP contribution in [0.4, 0.5) is 13.2 Å². The number of alkyl halides is 3. The van der Waals surface area contributed by atoms with Crippen LogP contribution in [0.3, 0.4) is 0 Å². The van der Waals surface area contributed by atoms with Crippen LogP contribution in [0.15, 0.2) is 40.9 Å². The Bertz CT molecular complexity index is 711. The lowest BCUT2D eigenvalue weighted by Crippen LogP contribution is -2.09. The highest BCUT2D eigenvalue weighted by Gasteiger charge is 2.31. The molecule has 0 fully saturated rings. The van der Waals surface area contributed by atoms with E-state index < -0.39 is 11.7 Å². The first-order valence-electron chi connectivity index (χ1n) is 5.88. The van der Waals surface area contributed by atoms with Crippen LogP contribution in [0.25, 0.3) is 0 Å². The number of carbonyl (C=O) groups is 1. The molecule has 0 saturated heterocycles. The molecule has 0 heterocycles. The van der Waals surface area contributed by atoms with Crippen LogP contribution in [-0.2, 0) is 6.18 Å². The van der Waals surface area contributed by atoms with Crippen LogP contribution in [0.2, 0.25) is 0 Å². The number of hydrogen-bond donors (Lipinski definition) is 0. The van der Waals surface area contributed by atoms with Gasteiger partial charge in [-0.25, -0.2) is 0 Å². The molecule has 0 saturated carbocycles. The SMILES string of the molecule is Cc1cc(C(F)(F)F)ccc1C(=O)c1cc(Br)ccc1I. The van der Waals surface area contributed by atoms with E-state index in [-0.39, 0.29) is 11.3 Å². The molecule has 0 radical (unpaired) electrons. The molecule has 21 heavy (non-hydrogen) atoms. The van der Waals surface area contributed by atoms with Crippen molar-refractivity contribution in [1.29, 1.82) is 0 Å². The fourth-order valence-corrected chi connectivity index (χ4v) is 2.85. The van der Waals surface area contributed by atoms with Crippen molar-refractivity contribution in [3.05, 3.63) is 66.7 Å². The van der Waals surface area contributed by atoms with Crippen molar-refractivity contribution in [2.75, 3.05) is 0 Å². The summed E-state index contributed by atoms with van der Waals surface area (Å²) in [7, 11) is 0. The maximum Gasteiger partial charge on any atom is 0.416 e. The summed E-state index contributed by atoms with van der Waals surface area (Å²) in [5, 5.41) is 0. The van der Waals surface area contributed by atoms with Crippen molar-refractivity contribution in [2.24, 2.45) is 0 Å². The fourth-order valence-electron chi connectivity index (χ4n) is 1.91. The van der Waals surface area contributed by atoms with Gasteiger partial charge in [0.15, 0.2) is 5.78 Å². The van der Waals surface area contributed by atoms with Gasteiger partial charge in [0.25, 0.3) is 0 Å². The molecular formula is C15H9BrF3IO. The summed E-state index contributed by atoms with van der Waals surface area (Å²) in [5.41, 5.74) is 0.304. The Morgan fingerprint density at radius 3 is 2.33 bits per heavy atom. The predicted octanol–water partition coefficient (Wildman–Crippen LogP) is 5.61. The quantitative estimate of drug-likeness (QED) is 0.413. The maximum atomic E-state index is 12.6. The standard InChI is InChI=1S/C15H9BrF3IO/c1-8-6-9(15(17,18)19)2-4-11(8)14(21)12-7-10(16)3-5-13(12)20/h2-7H,1H3. The summed E-state index contributed by atoms with van der Waals surface area (Å²) in [5.74, 6) is -0.285. The second-order valence-corrected chi connectivity index (χ2v) is 6.56. The van der Waals surface area contributed by atoms with E-state index in [4.69, 9.17) is 0 Å². The van der Waals surface area contributed by atoms with Crippen LogP contribution in [0.5, 0.6) is 0 Å². The third-order valence-corrected chi connectivity index (χ3v) is 4.41. The second kappa shape index (κ2) is 6.08. The van der Waals surface area contributed by atoms with Gasteiger partial charge in [0.2, 0.25) is 0 Å². The zero-order valence-electron chi connectivity index (χ0n) is 10.8. The highest BCUT2D eigenvalue weighted by atomic mass is 127. The average molecular weight is 469 g/mol. The van der Waals surface area contributed by atoms with Gasteiger partial charge in [0, 0.05) is 19.2 Å². The van der Waals surface area contributed by atoms with E-state index in [1.54, 1.807) is 18.2 Å². The predicted molar refractivity (Wildman–Crippen MR) is 86.5 cm³/mol. The lowest BCUT2D eigenvalue weighted by molar-refractivity contribution is -0.137. The number of halogens is 5. The van der Waals surface area contributed by atoms with Crippen molar-refractivity contribution in [3.8, 4) is 0 Å². The summed E-state index contributed by atoms with van der Waals surface area (Å²) in [4.78, 5) is 12.5. The van der Waals surface area contributed by atoms with Crippen molar-refractivity contribution < 1.29 is 18.0 Å². The lowest BCUT2D eigenvalue weighted by Gasteiger charge is -2.11. The smallest absolute Gasteiger partial charge is 0.289 e. The lowest BCUT2D eigenvalue weighted by atomic mass is 9.97. The molecule has 0 aliphatic carbocycles. The Morgan fingerprint density at radius 1 is 1.10 bits per heavy atom. The van der Waals surface area contributed by atoms with E-state index in [1.165, 1.54) is 13.0 Å². The van der Waals surface area contributed by atoms with Crippen LogP contribution >= 0.6 is 38.5 Å². The van der Waals surface area contributed by atoms with Gasteiger partial charge in [-0.15, -0.1) is 0 Å². The van der Waals surface area contributed by atoms with Crippen LogP contribution < -0.4 is 0 Å². The minimum atomic E-state index is -4.41.